The van der Waals surface area contributed by atoms with E-state index >= 15 is 0 Å². The number of carbonyl (C=O) groups excluding carboxylic acids is 1. The number of hydrogen-bond acceptors (Lipinski definition) is 3. The van der Waals surface area contributed by atoms with Crippen molar-refractivity contribution in [2.75, 3.05) is 5.32 Å². The van der Waals surface area contributed by atoms with E-state index in [4.69, 9.17) is 0 Å². The minimum atomic E-state index is -5.05. The van der Waals surface area contributed by atoms with Crippen LogP contribution in [0.15, 0.2) is 59.7 Å². The van der Waals surface area contributed by atoms with E-state index in [-0.39, 0.29) is 6.07 Å². The molecule has 0 aliphatic carbocycles. The molecule has 0 aliphatic heterocycles. The molecule has 0 bridgehead atoms. The van der Waals surface area contributed by atoms with E-state index in [9.17, 15) is 35.9 Å². The summed E-state index contributed by atoms with van der Waals surface area (Å²) in [5, 5.41) is 1.97. The Balaban J connectivity index is 1.81. The van der Waals surface area contributed by atoms with Gasteiger partial charge in [-0.15, -0.1) is 0 Å². The molecule has 32 heavy (non-hydrogen) atoms. The second kappa shape index (κ2) is 8.48. The highest BCUT2D eigenvalue weighted by Crippen LogP contribution is 2.37. The smallest absolute Gasteiger partial charge is 0.325 e. The maximum atomic E-state index is 12.9. The molecule has 11 heteroatoms. The first-order chi connectivity index (χ1) is 14.8. The van der Waals surface area contributed by atoms with Crippen molar-refractivity contribution in [2.45, 2.75) is 25.8 Å². The molecular formula is C21H15F6N3O2. The molecule has 2 aromatic carbocycles. The van der Waals surface area contributed by atoms with Crippen LogP contribution in [0.2, 0.25) is 0 Å². The zero-order chi connectivity index (χ0) is 23.7. The van der Waals surface area contributed by atoms with Crippen LogP contribution in [-0.4, -0.2) is 15.5 Å². The van der Waals surface area contributed by atoms with Crippen LogP contribution in [0.25, 0.3) is 11.3 Å². The van der Waals surface area contributed by atoms with Gasteiger partial charge in [0, 0.05) is 17.3 Å². The fourth-order valence-electron chi connectivity index (χ4n) is 2.81. The fourth-order valence-corrected chi connectivity index (χ4v) is 2.81. The van der Waals surface area contributed by atoms with Crippen LogP contribution >= 0.6 is 0 Å². The predicted octanol–water partition coefficient (Wildman–Crippen LogP) is 4.90. The average molecular weight is 455 g/mol. The molecule has 0 atom stereocenters. The van der Waals surface area contributed by atoms with Crippen molar-refractivity contribution in [3.05, 3.63) is 81.9 Å². The number of alkyl halides is 6. The topological polar surface area (TPSA) is 64.0 Å². The number of carbonyl (C=O) groups is 1. The van der Waals surface area contributed by atoms with E-state index in [0.717, 1.165) is 16.5 Å². The highest BCUT2D eigenvalue weighted by atomic mass is 19.4. The minimum Gasteiger partial charge on any atom is -0.325 e. The molecular weight excluding hydrogens is 440 g/mol. The second-order valence-corrected chi connectivity index (χ2v) is 6.95. The summed E-state index contributed by atoms with van der Waals surface area (Å²) in [4.78, 5) is 28.5. The van der Waals surface area contributed by atoms with Crippen LogP contribution in [-0.2, 0) is 23.7 Å². The van der Waals surface area contributed by atoms with Crippen LogP contribution in [0.1, 0.15) is 16.7 Å². The van der Waals surface area contributed by atoms with Gasteiger partial charge in [0.25, 0.3) is 5.56 Å². The number of nitrogens with zero attached hydrogens (tertiary/aromatic N) is 2. The fraction of sp³-hybridized carbons (Fsp3) is 0.190. The van der Waals surface area contributed by atoms with Gasteiger partial charge in [-0.25, -0.2) is 4.98 Å². The zero-order valence-corrected chi connectivity index (χ0v) is 16.4. The van der Waals surface area contributed by atoms with Crippen LogP contribution < -0.4 is 10.9 Å². The van der Waals surface area contributed by atoms with Crippen LogP contribution in [0.5, 0.6) is 0 Å². The van der Waals surface area contributed by atoms with Crippen molar-refractivity contribution in [3.63, 3.8) is 0 Å². The molecule has 0 radical (unpaired) electrons. The van der Waals surface area contributed by atoms with E-state index < -0.39 is 47.2 Å². The minimum absolute atomic E-state index is 0.0477. The summed E-state index contributed by atoms with van der Waals surface area (Å²) in [5.74, 6) is -0.996. The Labute approximate surface area is 177 Å². The summed E-state index contributed by atoms with van der Waals surface area (Å²) in [7, 11) is 0. The second-order valence-electron chi connectivity index (χ2n) is 6.95. The molecule has 3 aromatic rings. The molecule has 5 nitrogen and oxygen atoms in total. The molecule has 0 fully saturated rings. The normalized spacial score (nSPS) is 12.0. The third kappa shape index (κ3) is 5.54. The van der Waals surface area contributed by atoms with Gasteiger partial charge in [-0.1, -0.05) is 29.8 Å². The highest BCUT2D eigenvalue weighted by molar-refractivity contribution is 5.90. The average Bonchev–Trinajstić information content (AvgIpc) is 2.68. The third-order valence-corrected chi connectivity index (χ3v) is 4.41. The molecule has 0 saturated heterocycles. The van der Waals surface area contributed by atoms with Crippen molar-refractivity contribution in [3.8, 4) is 11.3 Å². The molecule has 0 spiro atoms. The number of aryl methyl sites for hydroxylation is 1. The Bertz CT molecular complexity index is 1170. The molecule has 1 heterocycles. The van der Waals surface area contributed by atoms with Gasteiger partial charge >= 0.3 is 12.4 Å². The summed E-state index contributed by atoms with van der Waals surface area (Å²) in [5.41, 5.74) is -2.44. The summed E-state index contributed by atoms with van der Waals surface area (Å²) in [6.07, 6.45) is -9.02. The Kier molecular flexibility index (Phi) is 6.11. The highest BCUT2D eigenvalue weighted by Gasteiger charge is 2.37. The Morgan fingerprint density at radius 3 is 2.00 bits per heavy atom. The molecule has 3 rings (SSSR count). The van der Waals surface area contributed by atoms with Crippen LogP contribution in [0.3, 0.4) is 0 Å². The first-order valence-corrected chi connectivity index (χ1v) is 9.06. The van der Waals surface area contributed by atoms with E-state index in [1.165, 1.54) is 6.07 Å². The number of amides is 1. The lowest BCUT2D eigenvalue weighted by molar-refractivity contribution is -0.143. The van der Waals surface area contributed by atoms with E-state index in [1.54, 1.807) is 12.1 Å². The van der Waals surface area contributed by atoms with Crippen molar-refractivity contribution < 1.29 is 31.1 Å². The van der Waals surface area contributed by atoms with Crippen LogP contribution in [0.4, 0.5) is 32.0 Å². The predicted molar refractivity (Wildman–Crippen MR) is 104 cm³/mol. The summed E-state index contributed by atoms with van der Waals surface area (Å²) < 4.78 is 78.5. The van der Waals surface area contributed by atoms with Crippen molar-refractivity contribution in [1.82, 2.24) is 9.55 Å². The monoisotopic (exact) mass is 455 g/mol. The van der Waals surface area contributed by atoms with Crippen LogP contribution in [0, 0.1) is 6.92 Å². The summed E-state index contributed by atoms with van der Waals surface area (Å²) in [6, 6.07) is 9.03. The lowest BCUT2D eigenvalue weighted by atomic mass is 10.1. The van der Waals surface area contributed by atoms with Gasteiger partial charge in [0.15, 0.2) is 0 Å². The summed E-state index contributed by atoms with van der Waals surface area (Å²) in [6.45, 7) is 1.23. The third-order valence-electron chi connectivity index (χ3n) is 4.41. The first kappa shape index (κ1) is 23.0. The van der Waals surface area contributed by atoms with Gasteiger partial charge < -0.3 is 5.32 Å². The molecule has 1 amide bonds. The van der Waals surface area contributed by atoms with Gasteiger partial charge in [0.05, 0.1) is 23.1 Å². The van der Waals surface area contributed by atoms with E-state index in [2.05, 4.69) is 4.98 Å². The largest absolute Gasteiger partial charge is 0.416 e. The van der Waals surface area contributed by atoms with Gasteiger partial charge in [0.2, 0.25) is 5.91 Å². The quantitative estimate of drug-likeness (QED) is 0.570. The summed E-state index contributed by atoms with van der Waals surface area (Å²) >= 11 is 0. The Morgan fingerprint density at radius 1 is 0.938 bits per heavy atom. The number of aromatic nitrogens is 2. The van der Waals surface area contributed by atoms with Gasteiger partial charge in [0.1, 0.15) is 6.54 Å². The van der Waals surface area contributed by atoms with E-state index in [1.807, 2.05) is 24.4 Å². The van der Waals surface area contributed by atoms with Crippen molar-refractivity contribution in [2.24, 2.45) is 0 Å². The molecule has 0 saturated carbocycles. The number of anilines is 1. The molecule has 0 unspecified atom stereocenters. The van der Waals surface area contributed by atoms with E-state index in [0.29, 0.717) is 23.4 Å². The molecule has 168 valence electrons. The maximum absolute atomic E-state index is 12.9. The standard InChI is InChI=1S/C21H15F6N3O2/c1-12-2-4-13(5-3-12)17-9-19(32)30(11-28-17)10-18(31)29-16-7-14(20(22,23)24)6-15(8-16)21(25,26)27/h2-9,11H,10H2,1H3,(H,29,31). The zero-order valence-electron chi connectivity index (χ0n) is 16.4. The molecule has 0 aliphatic rings. The lowest BCUT2D eigenvalue weighted by Crippen LogP contribution is -2.27. The van der Waals surface area contributed by atoms with Crippen molar-refractivity contribution in [1.29, 1.82) is 0 Å². The number of rotatable bonds is 4. The van der Waals surface area contributed by atoms with Crippen molar-refractivity contribution >= 4 is 11.6 Å². The first-order valence-electron chi connectivity index (χ1n) is 9.06. The molecule has 1 N–H and O–H groups in total. The Morgan fingerprint density at radius 2 is 1.50 bits per heavy atom. The number of benzene rings is 2. The van der Waals surface area contributed by atoms with Gasteiger partial charge in [-0.05, 0) is 25.1 Å². The van der Waals surface area contributed by atoms with Gasteiger partial charge in [-0.2, -0.15) is 26.3 Å². The lowest BCUT2D eigenvalue weighted by Gasteiger charge is -2.15. The number of halogens is 6. The molecule has 1 aromatic heterocycles. The maximum Gasteiger partial charge on any atom is 0.416 e. The van der Waals surface area contributed by atoms with Gasteiger partial charge in [-0.3, -0.25) is 14.2 Å². The SMILES string of the molecule is Cc1ccc(-c2cc(=O)n(CC(=O)Nc3cc(C(F)(F)F)cc(C(F)(F)F)c3)cn2)cc1. The number of hydrogen-bond donors (Lipinski definition) is 1. The number of nitrogens with one attached hydrogen (secondary N) is 1. The Hall–Kier alpha value is -3.63.